The summed E-state index contributed by atoms with van der Waals surface area (Å²) in [6, 6.07) is 7.25. The van der Waals surface area contributed by atoms with Crippen molar-refractivity contribution in [2.75, 3.05) is 5.32 Å². The number of carbonyl (C=O) groups is 2. The Hall–Kier alpha value is -2.24. The number of anilines is 1. The molecule has 0 radical (unpaired) electrons. The minimum absolute atomic E-state index is 0.107. The maximum absolute atomic E-state index is 12.2. The molecule has 0 aliphatic rings. The average molecular weight is 340 g/mol. The van der Waals surface area contributed by atoms with Crippen molar-refractivity contribution in [3.8, 4) is 5.75 Å². The monoisotopic (exact) mass is 339 g/mol. The van der Waals surface area contributed by atoms with Crippen LogP contribution < -0.4 is 5.32 Å². The lowest BCUT2D eigenvalue weighted by molar-refractivity contribution is 0.0693. The van der Waals surface area contributed by atoms with Gasteiger partial charge in [-0.1, -0.05) is 29.3 Å². The molecular weight excluding hydrogens is 329 g/mol. The van der Waals surface area contributed by atoms with Gasteiger partial charge < -0.3 is 15.5 Å². The van der Waals surface area contributed by atoms with Gasteiger partial charge in [-0.2, -0.15) is 0 Å². The van der Waals surface area contributed by atoms with Gasteiger partial charge in [-0.3, -0.25) is 4.79 Å². The number of hydrogen-bond acceptors (Lipinski definition) is 3. The maximum Gasteiger partial charge on any atom is 0.339 e. The van der Waals surface area contributed by atoms with Gasteiger partial charge in [0.15, 0.2) is 0 Å². The van der Waals surface area contributed by atoms with E-state index < -0.39 is 11.9 Å². The van der Waals surface area contributed by atoms with Gasteiger partial charge in [0, 0.05) is 5.69 Å². The van der Waals surface area contributed by atoms with Crippen LogP contribution in [-0.2, 0) is 0 Å². The molecular formula is C15H11Cl2NO4. The molecule has 5 nitrogen and oxygen atoms in total. The second kappa shape index (κ2) is 6.25. The fourth-order valence-electron chi connectivity index (χ4n) is 1.89. The number of aryl methyl sites for hydroxylation is 1. The van der Waals surface area contributed by atoms with E-state index in [9.17, 15) is 14.7 Å². The summed E-state index contributed by atoms with van der Waals surface area (Å²) in [7, 11) is 0. The molecule has 0 fully saturated rings. The molecule has 0 aliphatic heterocycles. The topological polar surface area (TPSA) is 86.6 Å². The first-order valence-corrected chi connectivity index (χ1v) is 6.89. The number of halogens is 2. The van der Waals surface area contributed by atoms with Crippen molar-refractivity contribution in [1.82, 2.24) is 0 Å². The first-order chi connectivity index (χ1) is 10.3. The van der Waals surface area contributed by atoms with Crippen LogP contribution in [0.15, 0.2) is 30.3 Å². The molecule has 0 heterocycles. The molecule has 7 heteroatoms. The van der Waals surface area contributed by atoms with Crippen molar-refractivity contribution >= 4 is 40.8 Å². The van der Waals surface area contributed by atoms with Gasteiger partial charge in [-0.05, 0) is 36.8 Å². The third kappa shape index (κ3) is 3.16. The summed E-state index contributed by atoms with van der Waals surface area (Å²) in [5.41, 5.74) is 0.422. The zero-order valence-corrected chi connectivity index (χ0v) is 12.9. The summed E-state index contributed by atoms with van der Waals surface area (Å²) in [5, 5.41) is 21.6. The molecule has 0 saturated heterocycles. The highest BCUT2D eigenvalue weighted by Crippen LogP contribution is 2.29. The molecule has 22 heavy (non-hydrogen) atoms. The number of nitrogens with one attached hydrogen (secondary N) is 1. The summed E-state index contributed by atoms with van der Waals surface area (Å²) >= 11 is 11.8. The normalized spacial score (nSPS) is 10.3. The smallest absolute Gasteiger partial charge is 0.339 e. The summed E-state index contributed by atoms with van der Waals surface area (Å²) in [6.07, 6.45) is 0. The minimum atomic E-state index is -1.29. The molecule has 1 amide bonds. The number of amides is 1. The fourth-order valence-corrected chi connectivity index (χ4v) is 2.28. The SMILES string of the molecule is Cc1cc(NC(=O)c2cccc(Cl)c2Cl)cc(C(=O)O)c1O. The van der Waals surface area contributed by atoms with Gasteiger partial charge in [0.25, 0.3) is 5.91 Å². The van der Waals surface area contributed by atoms with Crippen LogP contribution in [-0.4, -0.2) is 22.1 Å². The summed E-state index contributed by atoms with van der Waals surface area (Å²) < 4.78 is 0. The highest BCUT2D eigenvalue weighted by atomic mass is 35.5. The van der Waals surface area contributed by atoms with Crippen LogP contribution in [0.3, 0.4) is 0 Å². The van der Waals surface area contributed by atoms with E-state index in [2.05, 4.69) is 5.32 Å². The van der Waals surface area contributed by atoms with Gasteiger partial charge in [-0.25, -0.2) is 4.79 Å². The maximum atomic E-state index is 12.2. The molecule has 0 aromatic heterocycles. The van der Waals surface area contributed by atoms with Crippen molar-refractivity contribution in [2.45, 2.75) is 6.92 Å². The summed E-state index contributed by atoms with van der Waals surface area (Å²) in [5.74, 6) is -2.17. The number of carboxylic acid groups (broad SMARTS) is 1. The van der Waals surface area contributed by atoms with Crippen molar-refractivity contribution in [1.29, 1.82) is 0 Å². The Labute approximate surface area is 136 Å². The zero-order valence-electron chi connectivity index (χ0n) is 11.4. The molecule has 0 bridgehead atoms. The van der Waals surface area contributed by atoms with E-state index in [0.717, 1.165) is 0 Å². The van der Waals surface area contributed by atoms with Crippen LogP contribution in [0, 0.1) is 6.92 Å². The Bertz CT molecular complexity index is 774. The van der Waals surface area contributed by atoms with Gasteiger partial charge in [-0.15, -0.1) is 0 Å². The van der Waals surface area contributed by atoms with Crippen LogP contribution in [0.2, 0.25) is 10.0 Å². The quantitative estimate of drug-likeness (QED) is 0.738. The lowest BCUT2D eigenvalue weighted by Gasteiger charge is -2.11. The van der Waals surface area contributed by atoms with E-state index in [1.165, 1.54) is 25.1 Å². The van der Waals surface area contributed by atoms with E-state index >= 15 is 0 Å². The number of benzene rings is 2. The van der Waals surface area contributed by atoms with Crippen molar-refractivity contribution in [3.63, 3.8) is 0 Å². The zero-order chi connectivity index (χ0) is 16.4. The fraction of sp³-hybridized carbons (Fsp3) is 0.0667. The van der Waals surface area contributed by atoms with Gasteiger partial charge in [0.1, 0.15) is 11.3 Å². The standard InChI is InChI=1S/C15H11Cl2NO4/c1-7-5-8(6-10(13(7)19)15(21)22)18-14(20)9-3-2-4-11(16)12(9)17/h2-6,19H,1H3,(H,18,20)(H,21,22). The molecule has 2 rings (SSSR count). The predicted octanol–water partition coefficient (Wildman–Crippen LogP) is 3.96. The number of carboxylic acids is 1. The minimum Gasteiger partial charge on any atom is -0.507 e. The number of rotatable bonds is 3. The van der Waals surface area contributed by atoms with Crippen molar-refractivity contribution < 1.29 is 19.8 Å². The molecule has 2 aromatic rings. The first-order valence-electron chi connectivity index (χ1n) is 6.13. The second-order valence-electron chi connectivity index (χ2n) is 4.55. The van der Waals surface area contributed by atoms with Crippen LogP contribution in [0.1, 0.15) is 26.3 Å². The Morgan fingerprint density at radius 1 is 1.14 bits per heavy atom. The molecule has 3 N–H and O–H groups in total. The number of carbonyl (C=O) groups excluding carboxylic acids is 1. The third-order valence-corrected chi connectivity index (χ3v) is 3.80. The number of phenols is 1. The predicted molar refractivity (Wildman–Crippen MR) is 84.2 cm³/mol. The third-order valence-electron chi connectivity index (χ3n) is 2.98. The highest BCUT2D eigenvalue weighted by Gasteiger charge is 2.17. The van der Waals surface area contributed by atoms with E-state index in [1.54, 1.807) is 12.1 Å². The lowest BCUT2D eigenvalue weighted by Crippen LogP contribution is -2.13. The number of aromatic carboxylic acids is 1. The largest absolute Gasteiger partial charge is 0.507 e. The number of hydrogen-bond donors (Lipinski definition) is 3. The van der Waals surface area contributed by atoms with Gasteiger partial charge in [0.05, 0.1) is 15.6 Å². The van der Waals surface area contributed by atoms with Crippen LogP contribution in [0.4, 0.5) is 5.69 Å². The summed E-state index contributed by atoms with van der Waals surface area (Å²) in [6.45, 7) is 1.53. The lowest BCUT2D eigenvalue weighted by atomic mass is 10.1. The molecule has 114 valence electrons. The Kier molecular flexibility index (Phi) is 4.59. The van der Waals surface area contributed by atoms with Crippen LogP contribution >= 0.6 is 23.2 Å². The molecule has 0 unspecified atom stereocenters. The van der Waals surface area contributed by atoms with Crippen molar-refractivity contribution in [3.05, 3.63) is 57.1 Å². The highest BCUT2D eigenvalue weighted by molar-refractivity contribution is 6.44. The molecule has 0 atom stereocenters. The Morgan fingerprint density at radius 2 is 1.82 bits per heavy atom. The van der Waals surface area contributed by atoms with E-state index in [4.69, 9.17) is 28.3 Å². The van der Waals surface area contributed by atoms with Gasteiger partial charge >= 0.3 is 5.97 Å². The molecule has 0 aliphatic carbocycles. The Balaban J connectivity index is 2.37. The second-order valence-corrected chi connectivity index (χ2v) is 5.34. The van der Waals surface area contributed by atoms with E-state index in [1.807, 2.05) is 0 Å². The molecule has 0 spiro atoms. The first kappa shape index (κ1) is 16.1. The van der Waals surface area contributed by atoms with E-state index in [0.29, 0.717) is 5.56 Å². The Morgan fingerprint density at radius 3 is 2.45 bits per heavy atom. The molecule has 2 aromatic carbocycles. The average Bonchev–Trinajstić information content (AvgIpc) is 2.45. The van der Waals surface area contributed by atoms with Crippen LogP contribution in [0.5, 0.6) is 5.75 Å². The molecule has 0 saturated carbocycles. The van der Waals surface area contributed by atoms with Gasteiger partial charge in [0.2, 0.25) is 0 Å². The summed E-state index contributed by atoms with van der Waals surface area (Å²) in [4.78, 5) is 23.3. The van der Waals surface area contributed by atoms with E-state index in [-0.39, 0.29) is 32.6 Å². The van der Waals surface area contributed by atoms with Crippen LogP contribution in [0.25, 0.3) is 0 Å². The van der Waals surface area contributed by atoms with Crippen molar-refractivity contribution in [2.24, 2.45) is 0 Å². The number of aromatic hydroxyl groups is 1.